The lowest BCUT2D eigenvalue weighted by atomic mass is 10.4. The molecular formula is C9H12O4. The minimum atomic E-state index is -0.464. The Labute approximate surface area is 76.8 Å². The third-order valence-electron chi connectivity index (χ3n) is 0.977. The van der Waals surface area contributed by atoms with Crippen molar-refractivity contribution in [3.05, 3.63) is 24.7 Å². The third kappa shape index (κ3) is 6.80. The van der Waals surface area contributed by atoms with E-state index in [9.17, 15) is 9.59 Å². The van der Waals surface area contributed by atoms with Crippen molar-refractivity contribution in [3.63, 3.8) is 0 Å². The highest BCUT2D eigenvalue weighted by atomic mass is 16.6. The summed E-state index contributed by atoms with van der Waals surface area (Å²) in [6.07, 6.45) is 2.98. The van der Waals surface area contributed by atoms with E-state index in [2.05, 4.69) is 11.3 Å². The topological polar surface area (TPSA) is 52.6 Å². The second kappa shape index (κ2) is 5.99. The molecular weight excluding hydrogens is 172 g/mol. The second-order valence-corrected chi connectivity index (χ2v) is 2.28. The molecule has 4 nitrogen and oxygen atoms in total. The van der Waals surface area contributed by atoms with E-state index in [0.29, 0.717) is 6.42 Å². The van der Waals surface area contributed by atoms with Gasteiger partial charge >= 0.3 is 11.9 Å². The van der Waals surface area contributed by atoms with Crippen molar-refractivity contribution >= 4 is 11.9 Å². The van der Waals surface area contributed by atoms with Gasteiger partial charge in [-0.15, -0.1) is 6.58 Å². The zero-order chi connectivity index (χ0) is 10.3. The first kappa shape index (κ1) is 11.4. The number of hydrogen-bond donors (Lipinski definition) is 0. The Morgan fingerprint density at radius 3 is 2.31 bits per heavy atom. The van der Waals surface area contributed by atoms with Crippen LogP contribution in [0.5, 0.6) is 0 Å². The van der Waals surface area contributed by atoms with Crippen LogP contribution in [0.2, 0.25) is 0 Å². The van der Waals surface area contributed by atoms with E-state index in [1.807, 2.05) is 0 Å². The van der Waals surface area contributed by atoms with Gasteiger partial charge in [-0.25, -0.2) is 0 Å². The number of hydrogen-bond acceptors (Lipinski definition) is 4. The molecule has 0 spiro atoms. The molecule has 0 rings (SSSR count). The van der Waals surface area contributed by atoms with Gasteiger partial charge in [0, 0.05) is 20.3 Å². The van der Waals surface area contributed by atoms with Crippen LogP contribution < -0.4 is 0 Å². The monoisotopic (exact) mass is 184 g/mol. The van der Waals surface area contributed by atoms with Crippen molar-refractivity contribution in [1.29, 1.82) is 0 Å². The van der Waals surface area contributed by atoms with Crippen molar-refractivity contribution < 1.29 is 19.1 Å². The summed E-state index contributed by atoms with van der Waals surface area (Å²) < 4.78 is 9.25. The molecule has 0 aliphatic carbocycles. The van der Waals surface area contributed by atoms with Crippen LogP contribution in [0.4, 0.5) is 0 Å². The van der Waals surface area contributed by atoms with E-state index in [1.165, 1.54) is 19.9 Å². The van der Waals surface area contributed by atoms with Crippen LogP contribution in [0.25, 0.3) is 0 Å². The van der Waals surface area contributed by atoms with Crippen LogP contribution in [-0.4, -0.2) is 11.9 Å². The SMILES string of the molecule is C=CC/C(=C\OC(C)=O)OC(C)=O. The number of esters is 2. The average Bonchev–Trinajstić information content (AvgIpc) is 1.99. The van der Waals surface area contributed by atoms with Crippen molar-refractivity contribution in [1.82, 2.24) is 0 Å². The summed E-state index contributed by atoms with van der Waals surface area (Å²) >= 11 is 0. The molecule has 0 radical (unpaired) electrons. The maximum absolute atomic E-state index is 10.5. The first-order chi connectivity index (χ1) is 6.06. The lowest BCUT2D eigenvalue weighted by Gasteiger charge is -2.03. The fourth-order valence-electron chi connectivity index (χ4n) is 0.589. The van der Waals surface area contributed by atoms with Crippen LogP contribution in [-0.2, 0) is 19.1 Å². The Morgan fingerprint density at radius 2 is 1.92 bits per heavy atom. The van der Waals surface area contributed by atoms with Gasteiger partial charge in [0.15, 0.2) is 0 Å². The van der Waals surface area contributed by atoms with Gasteiger partial charge < -0.3 is 9.47 Å². The van der Waals surface area contributed by atoms with Gasteiger partial charge in [0.05, 0.1) is 0 Å². The molecule has 0 aromatic heterocycles. The molecule has 0 bridgehead atoms. The largest absolute Gasteiger partial charge is 0.431 e. The van der Waals surface area contributed by atoms with Gasteiger partial charge in [-0.3, -0.25) is 9.59 Å². The van der Waals surface area contributed by atoms with Gasteiger partial charge in [-0.2, -0.15) is 0 Å². The number of ether oxygens (including phenoxy) is 2. The highest BCUT2D eigenvalue weighted by Crippen LogP contribution is 2.04. The zero-order valence-corrected chi connectivity index (χ0v) is 7.70. The van der Waals surface area contributed by atoms with Crippen LogP contribution in [0.1, 0.15) is 20.3 Å². The highest BCUT2D eigenvalue weighted by Gasteiger charge is 2.01. The van der Waals surface area contributed by atoms with E-state index in [4.69, 9.17) is 4.74 Å². The minimum Gasteiger partial charge on any atom is -0.431 e. The smallest absolute Gasteiger partial charge is 0.307 e. The predicted molar refractivity (Wildman–Crippen MR) is 46.4 cm³/mol. The summed E-state index contributed by atoms with van der Waals surface area (Å²) in [5.41, 5.74) is 0. The summed E-state index contributed by atoms with van der Waals surface area (Å²) in [6.45, 7) is 5.99. The molecule has 4 heteroatoms. The summed E-state index contributed by atoms with van der Waals surface area (Å²) in [7, 11) is 0. The van der Waals surface area contributed by atoms with Crippen LogP contribution >= 0.6 is 0 Å². The third-order valence-corrected chi connectivity index (χ3v) is 0.977. The summed E-state index contributed by atoms with van der Waals surface area (Å²) in [5.74, 6) is -0.660. The number of carbonyl (C=O) groups is 2. The molecule has 0 unspecified atom stereocenters. The first-order valence-corrected chi connectivity index (χ1v) is 3.72. The quantitative estimate of drug-likeness (QED) is 0.377. The van der Waals surface area contributed by atoms with Crippen molar-refractivity contribution in [3.8, 4) is 0 Å². The van der Waals surface area contributed by atoms with E-state index in [-0.39, 0.29) is 5.76 Å². The van der Waals surface area contributed by atoms with Crippen molar-refractivity contribution in [2.24, 2.45) is 0 Å². The summed E-state index contributed by atoms with van der Waals surface area (Å²) in [6, 6.07) is 0. The van der Waals surface area contributed by atoms with Crippen LogP contribution in [0.15, 0.2) is 24.7 Å². The van der Waals surface area contributed by atoms with Gasteiger partial charge in [-0.1, -0.05) is 6.08 Å². The van der Waals surface area contributed by atoms with Gasteiger partial charge in [0.1, 0.15) is 12.0 Å². The molecule has 0 aromatic carbocycles. The number of allylic oxidation sites excluding steroid dienone is 1. The van der Waals surface area contributed by atoms with E-state index in [1.54, 1.807) is 0 Å². The lowest BCUT2D eigenvalue weighted by Crippen LogP contribution is -2.00. The summed E-state index contributed by atoms with van der Waals surface area (Å²) in [4.78, 5) is 20.9. The lowest BCUT2D eigenvalue weighted by molar-refractivity contribution is -0.139. The minimum absolute atomic E-state index is 0.262. The van der Waals surface area contributed by atoms with Gasteiger partial charge in [0.2, 0.25) is 0 Å². The normalized spacial score (nSPS) is 10.5. The molecule has 0 N–H and O–H groups in total. The van der Waals surface area contributed by atoms with Crippen molar-refractivity contribution in [2.45, 2.75) is 20.3 Å². The number of carbonyl (C=O) groups excluding carboxylic acids is 2. The average molecular weight is 184 g/mol. The molecule has 0 atom stereocenters. The second-order valence-electron chi connectivity index (χ2n) is 2.28. The van der Waals surface area contributed by atoms with Gasteiger partial charge in [0.25, 0.3) is 0 Å². The summed E-state index contributed by atoms with van der Waals surface area (Å²) in [5, 5.41) is 0. The van der Waals surface area contributed by atoms with Gasteiger partial charge in [-0.05, 0) is 0 Å². The molecule has 0 saturated carbocycles. The maximum atomic E-state index is 10.5. The first-order valence-electron chi connectivity index (χ1n) is 3.72. The molecule has 0 heterocycles. The standard InChI is InChI=1S/C9H12O4/c1-4-5-9(13-8(3)11)6-12-7(2)10/h4,6H,1,5H2,2-3H3/b9-6+. The Balaban J connectivity index is 4.21. The molecule has 0 saturated heterocycles. The van der Waals surface area contributed by atoms with E-state index < -0.39 is 11.9 Å². The number of rotatable bonds is 4. The molecule has 0 amide bonds. The maximum Gasteiger partial charge on any atom is 0.307 e. The fraction of sp³-hybridized carbons (Fsp3) is 0.333. The molecule has 72 valence electrons. The molecule has 0 fully saturated rings. The van der Waals surface area contributed by atoms with Crippen LogP contribution in [0.3, 0.4) is 0 Å². The molecule has 0 aliphatic heterocycles. The van der Waals surface area contributed by atoms with Crippen LogP contribution in [0, 0.1) is 0 Å². The fourth-order valence-corrected chi connectivity index (χ4v) is 0.589. The van der Waals surface area contributed by atoms with Crippen molar-refractivity contribution in [2.75, 3.05) is 0 Å². The van der Waals surface area contributed by atoms with E-state index in [0.717, 1.165) is 6.26 Å². The molecule has 0 aliphatic rings. The Kier molecular flexibility index (Phi) is 5.27. The highest BCUT2D eigenvalue weighted by molar-refractivity contribution is 5.68. The zero-order valence-electron chi connectivity index (χ0n) is 7.70. The Hall–Kier alpha value is -1.58. The molecule has 13 heavy (non-hydrogen) atoms. The van der Waals surface area contributed by atoms with E-state index >= 15 is 0 Å². The Morgan fingerprint density at radius 1 is 1.31 bits per heavy atom. The molecule has 0 aromatic rings. The predicted octanol–water partition coefficient (Wildman–Crippen LogP) is 1.53. The Bertz CT molecular complexity index is 240.